The molecule has 0 aromatic rings. The van der Waals surface area contributed by atoms with Crippen LogP contribution in [0.15, 0.2) is 0 Å². The van der Waals surface area contributed by atoms with Gasteiger partial charge < -0.3 is 5.32 Å². The zero-order valence-corrected chi connectivity index (χ0v) is 11.2. The molecule has 0 fully saturated rings. The molecule has 1 nitrogen and oxygen atoms in total. The van der Waals surface area contributed by atoms with Crippen molar-refractivity contribution >= 4 is 8.80 Å². The Kier molecular flexibility index (Phi) is 7.67. The molecule has 0 aliphatic rings. The molecule has 80 valence electrons. The van der Waals surface area contributed by atoms with Gasteiger partial charge in [-0.05, 0) is 20.0 Å². The lowest BCUT2D eigenvalue weighted by atomic mass is 10.4. The van der Waals surface area contributed by atoms with Crippen molar-refractivity contribution in [2.45, 2.75) is 57.7 Å². The summed E-state index contributed by atoms with van der Waals surface area (Å²) in [7, 11) is 1.58. The van der Waals surface area contributed by atoms with Crippen molar-refractivity contribution in [2.75, 3.05) is 13.6 Å². The van der Waals surface area contributed by atoms with Crippen LogP contribution >= 0.6 is 0 Å². The first-order valence-electron chi connectivity index (χ1n) is 5.78. The van der Waals surface area contributed by atoms with Gasteiger partial charge in [0.25, 0.3) is 0 Å². The molecule has 0 saturated heterocycles. The third kappa shape index (κ3) is 5.48. The van der Waals surface area contributed by atoms with Gasteiger partial charge in [-0.3, -0.25) is 0 Å². The van der Waals surface area contributed by atoms with E-state index in [0.717, 1.165) is 11.1 Å². The average molecular weight is 201 g/mol. The monoisotopic (exact) mass is 201 g/mol. The van der Waals surface area contributed by atoms with E-state index in [1.54, 1.807) is 0 Å². The molecule has 13 heavy (non-hydrogen) atoms. The van der Waals surface area contributed by atoms with Crippen LogP contribution in [-0.2, 0) is 0 Å². The van der Waals surface area contributed by atoms with Crippen LogP contribution in [0.4, 0.5) is 0 Å². The highest BCUT2D eigenvalue weighted by Gasteiger charge is 2.20. The van der Waals surface area contributed by atoms with Gasteiger partial charge in [-0.2, -0.15) is 0 Å². The fourth-order valence-corrected chi connectivity index (χ4v) is 5.92. The maximum Gasteiger partial charge on any atom is 0.0422 e. The van der Waals surface area contributed by atoms with Crippen molar-refractivity contribution in [3.05, 3.63) is 0 Å². The molecule has 0 spiro atoms. The van der Waals surface area contributed by atoms with Crippen LogP contribution in [0, 0.1) is 0 Å². The van der Waals surface area contributed by atoms with Gasteiger partial charge in [-0.15, -0.1) is 0 Å². The Morgan fingerprint density at radius 2 is 1.85 bits per heavy atom. The molecule has 0 amide bonds. The normalized spacial score (nSPS) is 16.2. The van der Waals surface area contributed by atoms with Crippen molar-refractivity contribution in [1.82, 2.24) is 5.32 Å². The van der Waals surface area contributed by atoms with Crippen LogP contribution in [-0.4, -0.2) is 22.4 Å². The molecule has 0 heterocycles. The highest BCUT2D eigenvalue weighted by Crippen LogP contribution is 2.27. The second-order valence-corrected chi connectivity index (χ2v) is 8.92. The van der Waals surface area contributed by atoms with Gasteiger partial charge in [0, 0.05) is 8.80 Å². The van der Waals surface area contributed by atoms with E-state index in [0.29, 0.717) is 0 Å². The topological polar surface area (TPSA) is 12.0 Å². The molecule has 0 radical (unpaired) electrons. The number of hydrogen-bond donors (Lipinski definition) is 1. The molecular formula is C11H27NSi. The van der Waals surface area contributed by atoms with Crippen LogP contribution in [0.3, 0.4) is 0 Å². The molecular weight excluding hydrogens is 174 g/mol. The molecule has 0 bridgehead atoms. The fourth-order valence-electron chi connectivity index (χ4n) is 2.09. The summed E-state index contributed by atoms with van der Waals surface area (Å²) in [5, 5.41) is 3.24. The molecule has 2 heteroatoms. The summed E-state index contributed by atoms with van der Waals surface area (Å²) in [4.78, 5) is 0. The Balaban J connectivity index is 3.80. The maximum absolute atomic E-state index is 3.24. The third-order valence-corrected chi connectivity index (χ3v) is 7.92. The van der Waals surface area contributed by atoms with Crippen molar-refractivity contribution in [1.29, 1.82) is 0 Å². The minimum absolute atomic E-state index is 0.473. The average Bonchev–Trinajstić information content (AvgIpc) is 2.11. The van der Waals surface area contributed by atoms with E-state index in [4.69, 9.17) is 0 Å². The van der Waals surface area contributed by atoms with E-state index >= 15 is 0 Å². The van der Waals surface area contributed by atoms with E-state index < -0.39 is 8.80 Å². The fraction of sp³-hybridized carbons (Fsp3) is 1.00. The van der Waals surface area contributed by atoms with Gasteiger partial charge >= 0.3 is 0 Å². The second-order valence-electron chi connectivity index (χ2n) is 4.54. The summed E-state index contributed by atoms with van der Waals surface area (Å²) < 4.78 is 0. The van der Waals surface area contributed by atoms with Gasteiger partial charge in [0.05, 0.1) is 0 Å². The largest absolute Gasteiger partial charge is 0.320 e. The Bertz CT molecular complexity index is 115. The first-order valence-corrected chi connectivity index (χ1v) is 7.93. The quantitative estimate of drug-likeness (QED) is 0.493. The Morgan fingerprint density at radius 3 is 2.23 bits per heavy atom. The lowest BCUT2D eigenvalue weighted by Crippen LogP contribution is -2.23. The summed E-state index contributed by atoms with van der Waals surface area (Å²) in [6, 6.07) is 1.52. The number of hydrogen-bond acceptors (Lipinski definition) is 1. The summed E-state index contributed by atoms with van der Waals surface area (Å²) in [6.45, 7) is 10.8. The third-order valence-electron chi connectivity index (χ3n) is 3.20. The van der Waals surface area contributed by atoms with Crippen LogP contribution in [0.2, 0.25) is 17.1 Å². The van der Waals surface area contributed by atoms with Crippen molar-refractivity contribution < 1.29 is 0 Å². The molecule has 0 saturated carbocycles. The molecule has 0 aromatic carbocycles. The van der Waals surface area contributed by atoms with Crippen LogP contribution in [0.25, 0.3) is 0 Å². The van der Waals surface area contributed by atoms with Crippen LogP contribution < -0.4 is 5.32 Å². The van der Waals surface area contributed by atoms with Gasteiger partial charge in [0.1, 0.15) is 0 Å². The van der Waals surface area contributed by atoms with Crippen molar-refractivity contribution in [3.63, 3.8) is 0 Å². The molecule has 0 aliphatic heterocycles. The van der Waals surface area contributed by atoms with Crippen molar-refractivity contribution in [3.8, 4) is 0 Å². The van der Waals surface area contributed by atoms with E-state index in [-0.39, 0.29) is 0 Å². The summed E-state index contributed by atoms with van der Waals surface area (Å²) in [6.07, 6.45) is 2.77. The zero-order chi connectivity index (χ0) is 10.3. The summed E-state index contributed by atoms with van der Waals surface area (Å²) in [5.74, 6) is 0. The first-order chi connectivity index (χ1) is 6.13. The minimum atomic E-state index is -0.473. The lowest BCUT2D eigenvalue weighted by Gasteiger charge is -2.25. The van der Waals surface area contributed by atoms with Gasteiger partial charge in [0.2, 0.25) is 0 Å². The molecule has 0 aromatic heterocycles. The number of rotatable bonds is 7. The Labute approximate surface area is 85.9 Å². The van der Waals surface area contributed by atoms with E-state index in [1.165, 1.54) is 25.4 Å². The zero-order valence-electron chi connectivity index (χ0n) is 10.1. The maximum atomic E-state index is 3.24. The highest BCUT2D eigenvalue weighted by molar-refractivity contribution is 6.61. The Morgan fingerprint density at radius 1 is 1.23 bits per heavy atom. The summed E-state index contributed by atoms with van der Waals surface area (Å²) >= 11 is 0. The predicted octanol–water partition coefficient (Wildman–Crippen LogP) is 3.03. The van der Waals surface area contributed by atoms with Gasteiger partial charge in [-0.25, -0.2) is 0 Å². The standard InChI is InChI=1S/C11H27NSi/c1-6-11(4)13(10(2)3)9-7-8-12-5/h10-13H,6-9H2,1-5H3. The Hall–Kier alpha value is 0.177. The smallest absolute Gasteiger partial charge is 0.0422 e. The van der Waals surface area contributed by atoms with E-state index in [9.17, 15) is 0 Å². The SMILES string of the molecule is CCC(C)[SiH](CCCNC)C(C)C. The minimum Gasteiger partial charge on any atom is -0.320 e. The van der Waals surface area contributed by atoms with Crippen LogP contribution in [0.5, 0.6) is 0 Å². The highest BCUT2D eigenvalue weighted by atomic mass is 28.3. The van der Waals surface area contributed by atoms with E-state index in [2.05, 4.69) is 40.1 Å². The van der Waals surface area contributed by atoms with Gasteiger partial charge in [0.15, 0.2) is 0 Å². The first kappa shape index (κ1) is 13.2. The molecule has 0 aliphatic carbocycles. The lowest BCUT2D eigenvalue weighted by molar-refractivity contribution is 0.743. The predicted molar refractivity (Wildman–Crippen MR) is 65.3 cm³/mol. The van der Waals surface area contributed by atoms with Gasteiger partial charge in [-0.1, -0.05) is 51.2 Å². The molecule has 1 N–H and O–H groups in total. The molecule has 0 rings (SSSR count). The molecule has 2 unspecified atom stereocenters. The number of nitrogens with one attached hydrogen (secondary N) is 1. The van der Waals surface area contributed by atoms with Crippen molar-refractivity contribution in [2.24, 2.45) is 0 Å². The summed E-state index contributed by atoms with van der Waals surface area (Å²) in [5.41, 5.74) is 2.00. The van der Waals surface area contributed by atoms with E-state index in [1.807, 2.05) is 0 Å². The second kappa shape index (κ2) is 7.57. The van der Waals surface area contributed by atoms with Crippen LogP contribution in [0.1, 0.15) is 40.5 Å². The molecule has 2 atom stereocenters.